The van der Waals surface area contributed by atoms with E-state index in [2.05, 4.69) is 25.9 Å². The highest BCUT2D eigenvalue weighted by atomic mass is 16.5. The summed E-state index contributed by atoms with van der Waals surface area (Å²) in [6.07, 6.45) is 0. The summed E-state index contributed by atoms with van der Waals surface area (Å²) in [5, 5.41) is 14.8. The van der Waals surface area contributed by atoms with Crippen LogP contribution in [0.1, 0.15) is 26.5 Å². The van der Waals surface area contributed by atoms with Gasteiger partial charge in [-0.15, -0.1) is 0 Å². The lowest BCUT2D eigenvalue weighted by Gasteiger charge is -2.20. The molecule has 0 saturated heterocycles. The third-order valence-corrected chi connectivity index (χ3v) is 3.06. The first-order valence-electron chi connectivity index (χ1n) is 6.28. The molecule has 4 nitrogen and oxygen atoms in total. The number of hydrogen-bond donors (Lipinski definition) is 1. The molecule has 0 radical (unpaired) electrons. The molecule has 1 heterocycles. The zero-order valence-corrected chi connectivity index (χ0v) is 12.1. The fourth-order valence-electron chi connectivity index (χ4n) is 2.11. The van der Waals surface area contributed by atoms with Gasteiger partial charge >= 0.3 is 0 Å². The Morgan fingerprint density at radius 2 is 1.95 bits per heavy atom. The number of aromatic nitrogens is 2. The second kappa shape index (κ2) is 4.61. The second-order valence-electron chi connectivity index (χ2n) is 5.60. The summed E-state index contributed by atoms with van der Waals surface area (Å²) >= 11 is 0. The van der Waals surface area contributed by atoms with Crippen molar-refractivity contribution in [2.45, 2.75) is 33.2 Å². The van der Waals surface area contributed by atoms with Crippen molar-refractivity contribution in [3.05, 3.63) is 30.0 Å². The van der Waals surface area contributed by atoms with Crippen LogP contribution in [0.2, 0.25) is 0 Å². The highest BCUT2D eigenvalue weighted by Crippen LogP contribution is 2.34. The zero-order chi connectivity index (χ0) is 14.2. The van der Waals surface area contributed by atoms with Gasteiger partial charge in [0.1, 0.15) is 11.4 Å². The summed E-state index contributed by atoms with van der Waals surface area (Å²) in [4.78, 5) is 0. The molecule has 1 aromatic carbocycles. The van der Waals surface area contributed by atoms with Crippen molar-refractivity contribution in [1.29, 1.82) is 0 Å². The molecule has 1 aromatic heterocycles. The number of methoxy groups -OCH3 is 1. The third-order valence-electron chi connectivity index (χ3n) is 3.06. The Bertz CT molecular complexity index is 595. The predicted molar refractivity (Wildman–Crippen MR) is 75.6 cm³/mol. The molecule has 0 aliphatic rings. The van der Waals surface area contributed by atoms with Crippen molar-refractivity contribution in [3.8, 4) is 22.8 Å². The van der Waals surface area contributed by atoms with E-state index in [1.165, 1.54) is 0 Å². The molecule has 0 atom stereocenters. The van der Waals surface area contributed by atoms with E-state index in [1.54, 1.807) is 7.11 Å². The zero-order valence-electron chi connectivity index (χ0n) is 12.1. The molecular formula is C15H20N2O2. The van der Waals surface area contributed by atoms with Crippen LogP contribution in [-0.2, 0) is 5.54 Å². The van der Waals surface area contributed by atoms with E-state index >= 15 is 0 Å². The molecule has 0 amide bonds. The van der Waals surface area contributed by atoms with E-state index in [1.807, 2.05) is 35.9 Å². The van der Waals surface area contributed by atoms with Crippen LogP contribution in [-0.4, -0.2) is 22.0 Å². The van der Waals surface area contributed by atoms with E-state index in [0.717, 1.165) is 17.0 Å². The van der Waals surface area contributed by atoms with Crippen molar-refractivity contribution in [2.24, 2.45) is 0 Å². The lowest BCUT2D eigenvalue weighted by atomic mass is 10.1. The Hall–Kier alpha value is -1.97. The fourth-order valence-corrected chi connectivity index (χ4v) is 2.11. The average molecular weight is 260 g/mol. The second-order valence-corrected chi connectivity index (χ2v) is 5.60. The van der Waals surface area contributed by atoms with Gasteiger partial charge in [0.2, 0.25) is 0 Å². The SMILES string of the molecule is COc1cccc(-c2nn(C(C)(C)C)c(C)c2O)c1. The first kappa shape index (κ1) is 13.5. The van der Waals surface area contributed by atoms with E-state index in [-0.39, 0.29) is 11.3 Å². The van der Waals surface area contributed by atoms with Crippen molar-refractivity contribution in [1.82, 2.24) is 9.78 Å². The van der Waals surface area contributed by atoms with Gasteiger partial charge < -0.3 is 9.84 Å². The number of aromatic hydroxyl groups is 1. The van der Waals surface area contributed by atoms with Gasteiger partial charge in [-0.05, 0) is 39.8 Å². The molecule has 0 aliphatic carbocycles. The predicted octanol–water partition coefficient (Wildman–Crippen LogP) is 3.33. The van der Waals surface area contributed by atoms with Crippen molar-refractivity contribution >= 4 is 0 Å². The summed E-state index contributed by atoms with van der Waals surface area (Å²) in [6.45, 7) is 8.04. The lowest BCUT2D eigenvalue weighted by Crippen LogP contribution is -2.24. The maximum Gasteiger partial charge on any atom is 0.164 e. The molecule has 0 saturated carbocycles. The fraction of sp³-hybridized carbons (Fsp3) is 0.400. The Balaban J connectivity index is 2.57. The van der Waals surface area contributed by atoms with E-state index in [0.29, 0.717) is 5.69 Å². The first-order chi connectivity index (χ1) is 8.84. The number of nitrogens with zero attached hydrogens (tertiary/aromatic N) is 2. The molecule has 0 fully saturated rings. The van der Waals surface area contributed by atoms with Gasteiger partial charge in [0.15, 0.2) is 5.75 Å². The molecule has 4 heteroatoms. The van der Waals surface area contributed by atoms with Gasteiger partial charge in [-0.25, -0.2) is 0 Å². The molecule has 0 spiro atoms. The minimum atomic E-state index is -0.168. The number of ether oxygens (including phenoxy) is 1. The smallest absolute Gasteiger partial charge is 0.164 e. The monoisotopic (exact) mass is 260 g/mol. The summed E-state index contributed by atoms with van der Waals surface area (Å²) in [5.74, 6) is 0.975. The largest absolute Gasteiger partial charge is 0.504 e. The van der Waals surface area contributed by atoms with Crippen LogP contribution in [0.15, 0.2) is 24.3 Å². The molecule has 0 unspecified atom stereocenters. The van der Waals surface area contributed by atoms with Gasteiger partial charge in [0.05, 0.1) is 18.3 Å². The van der Waals surface area contributed by atoms with Crippen molar-refractivity contribution < 1.29 is 9.84 Å². The van der Waals surface area contributed by atoms with Crippen LogP contribution in [0.25, 0.3) is 11.3 Å². The maximum absolute atomic E-state index is 10.3. The Morgan fingerprint density at radius 3 is 2.47 bits per heavy atom. The topological polar surface area (TPSA) is 47.3 Å². The highest BCUT2D eigenvalue weighted by Gasteiger charge is 2.23. The van der Waals surface area contributed by atoms with E-state index in [9.17, 15) is 5.11 Å². The number of rotatable bonds is 2. The van der Waals surface area contributed by atoms with Crippen LogP contribution in [0.4, 0.5) is 0 Å². The Morgan fingerprint density at radius 1 is 1.26 bits per heavy atom. The minimum Gasteiger partial charge on any atom is -0.504 e. The first-order valence-corrected chi connectivity index (χ1v) is 6.28. The summed E-state index contributed by atoms with van der Waals surface area (Å²) in [5.41, 5.74) is 2.04. The van der Waals surface area contributed by atoms with Gasteiger partial charge in [0.25, 0.3) is 0 Å². The Kier molecular flexibility index (Phi) is 3.27. The van der Waals surface area contributed by atoms with Crippen LogP contribution >= 0.6 is 0 Å². The van der Waals surface area contributed by atoms with Crippen LogP contribution in [0.5, 0.6) is 11.5 Å². The summed E-state index contributed by atoms with van der Waals surface area (Å²) in [6, 6.07) is 7.54. The molecule has 102 valence electrons. The molecule has 1 N–H and O–H groups in total. The van der Waals surface area contributed by atoms with Crippen molar-refractivity contribution in [3.63, 3.8) is 0 Å². The molecular weight excluding hydrogens is 240 g/mol. The standard InChI is InChI=1S/C15H20N2O2/c1-10-14(18)13(16-17(10)15(2,3)4)11-7-6-8-12(9-11)19-5/h6-9,18H,1-5H3. The molecule has 2 rings (SSSR count). The van der Waals surface area contributed by atoms with Crippen molar-refractivity contribution in [2.75, 3.05) is 7.11 Å². The minimum absolute atomic E-state index is 0.168. The normalized spacial score (nSPS) is 11.6. The number of hydrogen-bond acceptors (Lipinski definition) is 3. The van der Waals surface area contributed by atoms with Gasteiger partial charge in [-0.1, -0.05) is 12.1 Å². The maximum atomic E-state index is 10.3. The van der Waals surface area contributed by atoms with Crippen LogP contribution in [0, 0.1) is 6.92 Å². The third kappa shape index (κ3) is 2.43. The van der Waals surface area contributed by atoms with Gasteiger partial charge in [-0.2, -0.15) is 5.10 Å². The summed E-state index contributed by atoms with van der Waals surface area (Å²) < 4.78 is 7.05. The average Bonchev–Trinajstić information content (AvgIpc) is 2.66. The molecule has 2 aromatic rings. The summed E-state index contributed by atoms with van der Waals surface area (Å²) in [7, 11) is 1.62. The highest BCUT2D eigenvalue weighted by molar-refractivity contribution is 5.68. The Labute approximate surface area is 113 Å². The molecule has 0 bridgehead atoms. The van der Waals surface area contributed by atoms with E-state index in [4.69, 9.17) is 4.74 Å². The quantitative estimate of drug-likeness (QED) is 0.901. The van der Waals surface area contributed by atoms with Gasteiger partial charge in [0, 0.05) is 5.56 Å². The molecule has 19 heavy (non-hydrogen) atoms. The lowest BCUT2D eigenvalue weighted by molar-refractivity contribution is 0.345. The van der Waals surface area contributed by atoms with E-state index < -0.39 is 0 Å². The number of benzene rings is 1. The van der Waals surface area contributed by atoms with Crippen LogP contribution in [0.3, 0.4) is 0 Å². The molecule has 0 aliphatic heterocycles. The van der Waals surface area contributed by atoms with Gasteiger partial charge in [-0.3, -0.25) is 4.68 Å². The van der Waals surface area contributed by atoms with Crippen LogP contribution < -0.4 is 4.74 Å².